The number of aryl methyl sites for hydroxylation is 1. The van der Waals surface area contributed by atoms with Crippen LogP contribution in [0.5, 0.6) is 0 Å². The van der Waals surface area contributed by atoms with Gasteiger partial charge in [0.1, 0.15) is 17.4 Å². The van der Waals surface area contributed by atoms with Crippen LogP contribution < -0.4 is 5.32 Å². The number of hydrogen-bond donors (Lipinski definition) is 1. The molecule has 23 heavy (non-hydrogen) atoms. The molecule has 1 atom stereocenters. The second-order valence-electron chi connectivity index (χ2n) is 7.06. The van der Waals surface area contributed by atoms with Crippen LogP contribution >= 0.6 is 0 Å². The van der Waals surface area contributed by atoms with Gasteiger partial charge in [-0.15, -0.1) is 0 Å². The zero-order chi connectivity index (χ0) is 17.0. The maximum Gasteiger partial charge on any atom is 0.410 e. The van der Waals surface area contributed by atoms with Crippen molar-refractivity contribution >= 4 is 6.09 Å². The smallest absolute Gasteiger partial charge is 0.410 e. The minimum absolute atomic E-state index is 0.170. The van der Waals surface area contributed by atoms with Gasteiger partial charge >= 0.3 is 6.09 Å². The van der Waals surface area contributed by atoms with Crippen LogP contribution in [0.2, 0.25) is 0 Å². The van der Waals surface area contributed by atoms with Crippen LogP contribution in [0.25, 0.3) is 0 Å². The Hall–Kier alpha value is -2.00. The monoisotopic (exact) mass is 318 g/mol. The average molecular weight is 318 g/mol. The molecule has 6 heteroatoms. The first-order valence-corrected chi connectivity index (χ1v) is 8.06. The van der Waals surface area contributed by atoms with Gasteiger partial charge in [0, 0.05) is 38.9 Å². The van der Waals surface area contributed by atoms with Crippen LogP contribution in [0, 0.1) is 11.3 Å². The molecule has 1 aromatic heterocycles. The molecule has 126 valence electrons. The Balaban J connectivity index is 1.84. The molecular weight excluding hydrogens is 292 g/mol. The molecule has 0 aromatic carbocycles. The summed E-state index contributed by atoms with van der Waals surface area (Å²) < 4.78 is 7.29. The van der Waals surface area contributed by atoms with Gasteiger partial charge in [-0.1, -0.05) is 0 Å². The fourth-order valence-electron chi connectivity index (χ4n) is 2.83. The van der Waals surface area contributed by atoms with E-state index >= 15 is 0 Å². The summed E-state index contributed by atoms with van der Waals surface area (Å²) in [6.45, 7) is 7.83. The molecule has 0 bridgehead atoms. The van der Waals surface area contributed by atoms with Gasteiger partial charge in [-0.05, 0) is 45.2 Å². The van der Waals surface area contributed by atoms with Crippen molar-refractivity contribution in [3.63, 3.8) is 0 Å². The van der Waals surface area contributed by atoms with E-state index in [-0.39, 0.29) is 12.1 Å². The fourth-order valence-corrected chi connectivity index (χ4v) is 2.83. The predicted octanol–water partition coefficient (Wildman–Crippen LogP) is 2.39. The summed E-state index contributed by atoms with van der Waals surface area (Å²) in [5.41, 5.74) is 1.26. The third kappa shape index (κ3) is 4.73. The lowest BCUT2D eigenvalue weighted by molar-refractivity contribution is 0.0226. The Kier molecular flexibility index (Phi) is 5.32. The van der Waals surface area contributed by atoms with Gasteiger partial charge in [0.15, 0.2) is 0 Å². The lowest BCUT2D eigenvalue weighted by atomic mass is 10.2. The molecule has 1 amide bonds. The molecule has 0 saturated carbocycles. The Labute approximate surface area is 138 Å². The number of likely N-dealkylation sites (tertiary alicyclic amines) is 1. The lowest BCUT2D eigenvalue weighted by Gasteiger charge is -2.28. The Bertz CT molecular complexity index is 595. The molecule has 1 aromatic rings. The molecule has 1 aliphatic heterocycles. The first kappa shape index (κ1) is 17.4. The van der Waals surface area contributed by atoms with Crippen LogP contribution in [0.3, 0.4) is 0 Å². The fraction of sp³-hybridized carbons (Fsp3) is 0.647. The third-order valence-corrected chi connectivity index (χ3v) is 3.89. The topological polar surface area (TPSA) is 70.3 Å². The highest BCUT2D eigenvalue weighted by Crippen LogP contribution is 2.20. The molecule has 1 fully saturated rings. The van der Waals surface area contributed by atoms with Crippen LogP contribution in [0.4, 0.5) is 4.79 Å². The van der Waals surface area contributed by atoms with E-state index in [1.54, 1.807) is 0 Å². The van der Waals surface area contributed by atoms with Crippen LogP contribution in [-0.4, -0.2) is 40.3 Å². The van der Waals surface area contributed by atoms with Gasteiger partial charge in [-0.2, -0.15) is 5.26 Å². The molecule has 6 nitrogen and oxygen atoms in total. The second kappa shape index (κ2) is 7.05. The first-order valence-electron chi connectivity index (χ1n) is 8.06. The molecule has 1 aliphatic rings. The van der Waals surface area contributed by atoms with E-state index in [9.17, 15) is 4.79 Å². The molecule has 2 heterocycles. The highest BCUT2D eigenvalue weighted by molar-refractivity contribution is 5.69. The number of carbonyl (C=O) groups excluding carboxylic acids is 1. The molecule has 0 spiro atoms. The van der Waals surface area contributed by atoms with Crippen molar-refractivity contribution in [3.8, 4) is 6.07 Å². The van der Waals surface area contributed by atoms with Gasteiger partial charge in [-0.25, -0.2) is 4.79 Å². The summed E-state index contributed by atoms with van der Waals surface area (Å²) in [6, 6.07) is 4.21. The molecule has 2 rings (SSSR count). The van der Waals surface area contributed by atoms with E-state index in [0.29, 0.717) is 12.2 Å². The van der Waals surface area contributed by atoms with Crippen LogP contribution in [0.1, 0.15) is 44.9 Å². The number of rotatable bonds is 4. The van der Waals surface area contributed by atoms with Crippen LogP contribution in [0.15, 0.2) is 12.3 Å². The van der Waals surface area contributed by atoms with E-state index in [1.807, 2.05) is 49.5 Å². The number of nitrogens with zero attached hydrogens (tertiary/aromatic N) is 3. The van der Waals surface area contributed by atoms with Crippen molar-refractivity contribution in [2.24, 2.45) is 7.05 Å². The van der Waals surface area contributed by atoms with E-state index in [4.69, 9.17) is 10.00 Å². The highest BCUT2D eigenvalue weighted by Gasteiger charge is 2.31. The summed E-state index contributed by atoms with van der Waals surface area (Å²) >= 11 is 0. The average Bonchev–Trinajstić information content (AvgIpc) is 3.03. The third-order valence-electron chi connectivity index (χ3n) is 3.89. The summed E-state index contributed by atoms with van der Waals surface area (Å²) in [5, 5.41) is 12.4. The highest BCUT2D eigenvalue weighted by atomic mass is 16.6. The van der Waals surface area contributed by atoms with Crippen molar-refractivity contribution < 1.29 is 9.53 Å². The molecule has 0 aliphatic carbocycles. The van der Waals surface area contributed by atoms with E-state index in [2.05, 4.69) is 11.4 Å². The number of nitriles is 1. The molecular formula is C17H26N4O2. The number of carbonyl (C=O) groups is 1. The number of hydrogen-bond acceptors (Lipinski definition) is 4. The normalized spacial score (nSPS) is 18.0. The van der Waals surface area contributed by atoms with Gasteiger partial charge < -0.3 is 19.5 Å². The largest absolute Gasteiger partial charge is 0.444 e. The van der Waals surface area contributed by atoms with Crippen molar-refractivity contribution in [2.75, 3.05) is 13.1 Å². The van der Waals surface area contributed by atoms with E-state index in [0.717, 1.165) is 31.5 Å². The first-order chi connectivity index (χ1) is 10.8. The van der Waals surface area contributed by atoms with Crippen molar-refractivity contribution in [3.05, 3.63) is 23.5 Å². The van der Waals surface area contributed by atoms with E-state index in [1.165, 1.54) is 0 Å². The second-order valence-corrected chi connectivity index (χ2v) is 7.06. The molecule has 1 N–H and O–H groups in total. The Morgan fingerprint density at radius 1 is 1.52 bits per heavy atom. The summed E-state index contributed by atoms with van der Waals surface area (Å²) in [4.78, 5) is 14.1. The Morgan fingerprint density at radius 3 is 2.87 bits per heavy atom. The minimum Gasteiger partial charge on any atom is -0.444 e. The quantitative estimate of drug-likeness (QED) is 0.925. The molecule has 1 saturated heterocycles. The summed E-state index contributed by atoms with van der Waals surface area (Å²) in [7, 11) is 1.86. The molecule has 0 radical (unpaired) electrons. The minimum atomic E-state index is -0.463. The standard InChI is InChI=1S/C17H26N4O2/c1-17(2,3)23-16(22)21-7-5-6-14(21)11-19-10-13-8-15(9-18)20(4)12-13/h8,12,14,19H,5-7,10-11H2,1-4H3. The number of amides is 1. The van der Waals surface area contributed by atoms with Gasteiger partial charge in [0.25, 0.3) is 0 Å². The van der Waals surface area contributed by atoms with Crippen molar-refractivity contribution in [1.29, 1.82) is 5.26 Å². The number of aromatic nitrogens is 1. The summed E-state index contributed by atoms with van der Waals surface area (Å²) in [6.07, 6.45) is 3.72. The maximum atomic E-state index is 12.2. The van der Waals surface area contributed by atoms with E-state index < -0.39 is 5.60 Å². The summed E-state index contributed by atoms with van der Waals surface area (Å²) in [5.74, 6) is 0. The number of ether oxygens (including phenoxy) is 1. The zero-order valence-electron chi connectivity index (χ0n) is 14.4. The lowest BCUT2D eigenvalue weighted by Crippen LogP contribution is -2.43. The number of nitrogens with one attached hydrogen (secondary N) is 1. The zero-order valence-corrected chi connectivity index (χ0v) is 14.4. The van der Waals surface area contributed by atoms with Gasteiger partial charge in [0.05, 0.1) is 0 Å². The van der Waals surface area contributed by atoms with Crippen molar-refractivity contribution in [1.82, 2.24) is 14.8 Å². The Morgan fingerprint density at radius 2 is 2.26 bits per heavy atom. The predicted molar refractivity (Wildman–Crippen MR) is 87.8 cm³/mol. The van der Waals surface area contributed by atoms with Gasteiger partial charge in [0.2, 0.25) is 0 Å². The molecule has 1 unspecified atom stereocenters. The SMILES string of the molecule is Cn1cc(CNCC2CCCN2C(=O)OC(C)(C)C)cc1C#N. The van der Waals surface area contributed by atoms with Crippen LogP contribution in [-0.2, 0) is 18.3 Å². The van der Waals surface area contributed by atoms with Crippen molar-refractivity contribution in [2.45, 2.75) is 51.8 Å². The maximum absolute atomic E-state index is 12.2. The van der Waals surface area contributed by atoms with Gasteiger partial charge in [-0.3, -0.25) is 0 Å².